The lowest BCUT2D eigenvalue weighted by Crippen LogP contribution is -2.49. The number of carbonyl (C=O) groups excluding carboxylic acids is 2. The number of nitrogens with zero attached hydrogens (tertiary/aromatic N) is 1. The quantitative estimate of drug-likeness (QED) is 0.752. The lowest BCUT2D eigenvalue weighted by molar-refractivity contribution is -0.143. The molecular formula is C19H36ClN3O2. The molecule has 0 aromatic carbocycles. The van der Waals surface area contributed by atoms with Crippen molar-refractivity contribution in [3.8, 4) is 0 Å². The lowest BCUT2D eigenvalue weighted by Gasteiger charge is -2.38. The van der Waals surface area contributed by atoms with Crippen molar-refractivity contribution in [2.45, 2.75) is 65.8 Å². The Morgan fingerprint density at radius 1 is 1.24 bits per heavy atom. The summed E-state index contributed by atoms with van der Waals surface area (Å²) < 4.78 is 0. The number of hydrogen-bond acceptors (Lipinski definition) is 3. The molecule has 2 amide bonds. The highest BCUT2D eigenvalue weighted by Gasteiger charge is 2.35. The van der Waals surface area contributed by atoms with Crippen LogP contribution in [0.2, 0.25) is 0 Å². The Labute approximate surface area is 159 Å². The molecule has 0 radical (unpaired) electrons. The maximum atomic E-state index is 12.9. The number of halogens is 1. The van der Waals surface area contributed by atoms with Crippen molar-refractivity contribution in [3.05, 3.63) is 0 Å². The van der Waals surface area contributed by atoms with Gasteiger partial charge in [-0.15, -0.1) is 12.4 Å². The van der Waals surface area contributed by atoms with Crippen molar-refractivity contribution in [2.75, 3.05) is 26.2 Å². The van der Waals surface area contributed by atoms with Crippen LogP contribution >= 0.6 is 12.4 Å². The van der Waals surface area contributed by atoms with Crippen LogP contribution in [0.25, 0.3) is 0 Å². The summed E-state index contributed by atoms with van der Waals surface area (Å²) in [5.74, 6) is 1.28. The first-order valence-electron chi connectivity index (χ1n) is 9.60. The Kier molecular flexibility index (Phi) is 8.69. The van der Waals surface area contributed by atoms with Gasteiger partial charge < -0.3 is 15.5 Å². The second-order valence-corrected chi connectivity index (χ2v) is 8.64. The van der Waals surface area contributed by atoms with Crippen molar-refractivity contribution in [3.63, 3.8) is 0 Å². The maximum Gasteiger partial charge on any atom is 0.237 e. The van der Waals surface area contributed by atoms with Gasteiger partial charge in [0, 0.05) is 25.0 Å². The van der Waals surface area contributed by atoms with Gasteiger partial charge in [0.05, 0.1) is 6.04 Å². The molecule has 5 nitrogen and oxygen atoms in total. The predicted octanol–water partition coefficient (Wildman–Crippen LogP) is 2.59. The minimum atomic E-state index is -0.299. The van der Waals surface area contributed by atoms with Crippen LogP contribution in [0.1, 0.15) is 59.8 Å². The highest BCUT2D eigenvalue weighted by molar-refractivity contribution is 5.85. The maximum absolute atomic E-state index is 12.9. The average Bonchev–Trinajstić information content (AvgIpc) is 3.05. The third-order valence-corrected chi connectivity index (χ3v) is 5.25. The SMILES string of the molecule is CC(C)CC(C)(C)C(=O)N1CCCC(CNC(=O)C2CCCN2)C1.Cl. The number of hydrogen-bond donors (Lipinski definition) is 2. The van der Waals surface area contributed by atoms with Crippen LogP contribution in [-0.2, 0) is 9.59 Å². The number of rotatable bonds is 6. The molecule has 0 aromatic rings. The molecule has 2 N–H and O–H groups in total. The molecule has 2 atom stereocenters. The standard InChI is InChI=1S/C19H35N3O2.ClH/c1-14(2)11-19(3,4)18(24)22-10-6-7-15(13-22)12-21-17(23)16-8-5-9-20-16;/h14-16,20H,5-13H2,1-4H3,(H,21,23);1H. The van der Waals surface area contributed by atoms with E-state index in [9.17, 15) is 9.59 Å². The molecule has 6 heteroatoms. The monoisotopic (exact) mass is 373 g/mol. The smallest absolute Gasteiger partial charge is 0.237 e. The largest absolute Gasteiger partial charge is 0.354 e. The van der Waals surface area contributed by atoms with E-state index in [2.05, 4.69) is 38.3 Å². The van der Waals surface area contributed by atoms with Crippen molar-refractivity contribution in [1.82, 2.24) is 15.5 Å². The van der Waals surface area contributed by atoms with Crippen molar-refractivity contribution in [2.24, 2.45) is 17.3 Å². The summed E-state index contributed by atoms with van der Waals surface area (Å²) in [7, 11) is 0. The van der Waals surface area contributed by atoms with Gasteiger partial charge in [-0.1, -0.05) is 27.7 Å². The van der Waals surface area contributed by atoms with Crippen LogP contribution in [-0.4, -0.2) is 48.9 Å². The van der Waals surface area contributed by atoms with Gasteiger partial charge in [-0.25, -0.2) is 0 Å². The molecule has 0 aliphatic carbocycles. The van der Waals surface area contributed by atoms with E-state index < -0.39 is 0 Å². The molecule has 0 aromatic heterocycles. The van der Waals surface area contributed by atoms with Crippen LogP contribution in [0.5, 0.6) is 0 Å². The van der Waals surface area contributed by atoms with Gasteiger partial charge >= 0.3 is 0 Å². The average molecular weight is 374 g/mol. The normalized spacial score (nSPS) is 24.1. The van der Waals surface area contributed by atoms with Gasteiger partial charge in [0.1, 0.15) is 0 Å². The molecule has 25 heavy (non-hydrogen) atoms. The third-order valence-electron chi connectivity index (χ3n) is 5.25. The van der Waals surface area contributed by atoms with Gasteiger partial charge in [-0.3, -0.25) is 9.59 Å². The first-order chi connectivity index (χ1) is 11.3. The first kappa shape index (κ1) is 22.2. The summed E-state index contributed by atoms with van der Waals surface area (Å²) in [6, 6.07) is -0.0173. The number of nitrogens with one attached hydrogen (secondary N) is 2. The molecule has 2 unspecified atom stereocenters. The van der Waals surface area contributed by atoms with Crippen LogP contribution in [0, 0.1) is 17.3 Å². The van der Waals surface area contributed by atoms with Gasteiger partial charge in [-0.2, -0.15) is 0 Å². The molecule has 0 saturated carbocycles. The molecular weight excluding hydrogens is 338 g/mol. The summed E-state index contributed by atoms with van der Waals surface area (Å²) in [5.41, 5.74) is -0.299. The second-order valence-electron chi connectivity index (χ2n) is 8.64. The summed E-state index contributed by atoms with van der Waals surface area (Å²) in [5, 5.41) is 6.32. The van der Waals surface area contributed by atoms with Crippen LogP contribution < -0.4 is 10.6 Å². The fraction of sp³-hybridized carbons (Fsp3) is 0.895. The van der Waals surface area contributed by atoms with Crippen molar-refractivity contribution in [1.29, 1.82) is 0 Å². The van der Waals surface area contributed by atoms with E-state index in [4.69, 9.17) is 0 Å². The Bertz CT molecular complexity index is 448. The minimum absolute atomic E-state index is 0. The number of amides is 2. The van der Waals surface area contributed by atoms with Crippen molar-refractivity contribution >= 4 is 24.2 Å². The highest BCUT2D eigenvalue weighted by Crippen LogP contribution is 2.30. The molecule has 0 spiro atoms. The zero-order chi connectivity index (χ0) is 17.7. The summed E-state index contributed by atoms with van der Waals surface area (Å²) in [6.45, 7) is 11.7. The predicted molar refractivity (Wildman–Crippen MR) is 104 cm³/mol. The van der Waals surface area contributed by atoms with Crippen LogP contribution in [0.3, 0.4) is 0 Å². The van der Waals surface area contributed by atoms with Gasteiger partial charge in [0.15, 0.2) is 0 Å². The zero-order valence-electron chi connectivity index (χ0n) is 16.3. The molecule has 2 heterocycles. The van der Waals surface area contributed by atoms with E-state index in [1.807, 2.05) is 4.90 Å². The number of piperidine rings is 1. The number of likely N-dealkylation sites (tertiary alicyclic amines) is 1. The highest BCUT2D eigenvalue weighted by atomic mass is 35.5. The zero-order valence-corrected chi connectivity index (χ0v) is 17.1. The van der Waals surface area contributed by atoms with Gasteiger partial charge in [0.2, 0.25) is 11.8 Å². The van der Waals surface area contributed by atoms with Crippen LogP contribution in [0.15, 0.2) is 0 Å². The van der Waals surface area contributed by atoms with E-state index in [-0.39, 0.29) is 35.7 Å². The summed E-state index contributed by atoms with van der Waals surface area (Å²) >= 11 is 0. The van der Waals surface area contributed by atoms with E-state index in [1.165, 1.54) is 0 Å². The summed E-state index contributed by atoms with van der Waals surface area (Å²) in [4.78, 5) is 27.0. The topological polar surface area (TPSA) is 61.4 Å². The van der Waals surface area contributed by atoms with Crippen LogP contribution in [0.4, 0.5) is 0 Å². The van der Waals surface area contributed by atoms with E-state index >= 15 is 0 Å². The van der Waals surface area contributed by atoms with E-state index in [0.29, 0.717) is 18.4 Å². The Morgan fingerprint density at radius 3 is 2.56 bits per heavy atom. The molecule has 2 aliphatic heterocycles. The number of carbonyl (C=O) groups is 2. The van der Waals surface area contributed by atoms with Crippen molar-refractivity contribution < 1.29 is 9.59 Å². The first-order valence-corrected chi connectivity index (χ1v) is 9.60. The van der Waals surface area contributed by atoms with E-state index in [1.54, 1.807) is 0 Å². The Hall–Kier alpha value is -0.810. The molecule has 0 bridgehead atoms. The van der Waals surface area contributed by atoms with Gasteiger partial charge in [0.25, 0.3) is 0 Å². The molecule has 2 saturated heterocycles. The third kappa shape index (κ3) is 6.45. The molecule has 2 fully saturated rings. The van der Waals surface area contributed by atoms with E-state index in [0.717, 1.165) is 51.7 Å². The molecule has 2 aliphatic rings. The molecule has 2 rings (SSSR count). The summed E-state index contributed by atoms with van der Waals surface area (Å²) in [6.07, 6.45) is 5.05. The molecule has 146 valence electrons. The fourth-order valence-electron chi connectivity index (χ4n) is 4.23. The minimum Gasteiger partial charge on any atom is -0.354 e. The Balaban J connectivity index is 0.00000312. The Morgan fingerprint density at radius 2 is 1.96 bits per heavy atom. The lowest BCUT2D eigenvalue weighted by atomic mass is 9.82. The second kappa shape index (κ2) is 9.77. The van der Waals surface area contributed by atoms with Gasteiger partial charge in [-0.05, 0) is 50.5 Å². The fourth-order valence-corrected chi connectivity index (χ4v) is 4.23.